The third kappa shape index (κ3) is 5.80. The molecule has 3 rings (SSSR count). The van der Waals surface area contributed by atoms with Gasteiger partial charge in [-0.15, -0.1) is 0 Å². The fourth-order valence-electron chi connectivity index (χ4n) is 2.92. The first-order valence-corrected chi connectivity index (χ1v) is 9.30. The number of carbonyl (C=O) groups is 1. The van der Waals surface area contributed by atoms with Crippen LogP contribution in [0.3, 0.4) is 0 Å². The van der Waals surface area contributed by atoms with Crippen molar-refractivity contribution in [1.82, 2.24) is 5.32 Å². The standard InChI is InChI=1S/C21H22F3N3O2/c1-14-5-2-3-7-18(14)26-20(25-13-17-6-4-12-29-17)27-19(28)15-8-10-16(11-9-15)21(22,23)24/h2-3,5,7-11,17H,4,6,12-13H2,1H3,(H2,25,26,27,28)/t17-/m0/s1. The van der Waals surface area contributed by atoms with Crippen LogP contribution < -0.4 is 10.6 Å². The molecule has 0 unspecified atom stereocenters. The quantitative estimate of drug-likeness (QED) is 0.586. The Bertz CT molecular complexity index is 873. The minimum absolute atomic E-state index is 0.00774. The van der Waals surface area contributed by atoms with Crippen LogP contribution in [0.2, 0.25) is 0 Å². The third-order valence-electron chi connectivity index (χ3n) is 4.58. The molecule has 5 nitrogen and oxygen atoms in total. The Morgan fingerprint density at radius 1 is 1.17 bits per heavy atom. The van der Waals surface area contributed by atoms with Crippen LogP contribution in [-0.4, -0.2) is 31.1 Å². The van der Waals surface area contributed by atoms with E-state index >= 15 is 0 Å². The molecule has 1 heterocycles. The van der Waals surface area contributed by atoms with Crippen LogP contribution in [-0.2, 0) is 10.9 Å². The number of carbonyl (C=O) groups excluding carboxylic acids is 1. The molecule has 0 radical (unpaired) electrons. The summed E-state index contributed by atoms with van der Waals surface area (Å²) in [6, 6.07) is 11.6. The average Bonchev–Trinajstić information content (AvgIpc) is 3.21. The monoisotopic (exact) mass is 405 g/mol. The Labute approximate surface area is 167 Å². The summed E-state index contributed by atoms with van der Waals surface area (Å²) in [6.45, 7) is 2.98. The van der Waals surface area contributed by atoms with Gasteiger partial charge in [0.25, 0.3) is 5.91 Å². The van der Waals surface area contributed by atoms with E-state index in [1.807, 2.05) is 31.2 Å². The summed E-state index contributed by atoms with van der Waals surface area (Å²) in [6.07, 6.45) is -2.59. The normalized spacial score (nSPS) is 17.2. The summed E-state index contributed by atoms with van der Waals surface area (Å²) in [5, 5.41) is 5.74. The topological polar surface area (TPSA) is 62.7 Å². The number of benzene rings is 2. The third-order valence-corrected chi connectivity index (χ3v) is 4.58. The lowest BCUT2D eigenvalue weighted by Crippen LogP contribution is -2.37. The smallest absolute Gasteiger partial charge is 0.376 e. The van der Waals surface area contributed by atoms with Crippen LogP contribution >= 0.6 is 0 Å². The Kier molecular flexibility index (Phi) is 6.53. The predicted molar refractivity (Wildman–Crippen MR) is 105 cm³/mol. The summed E-state index contributed by atoms with van der Waals surface area (Å²) in [7, 11) is 0. The Hall–Kier alpha value is -2.87. The zero-order chi connectivity index (χ0) is 20.9. The number of amides is 1. The van der Waals surface area contributed by atoms with Gasteiger partial charge in [-0.3, -0.25) is 10.1 Å². The van der Waals surface area contributed by atoms with E-state index in [1.54, 1.807) is 0 Å². The van der Waals surface area contributed by atoms with Gasteiger partial charge < -0.3 is 10.1 Å². The highest BCUT2D eigenvalue weighted by molar-refractivity contribution is 6.10. The summed E-state index contributed by atoms with van der Waals surface area (Å²) in [5.74, 6) is -0.328. The van der Waals surface area contributed by atoms with Crippen molar-refractivity contribution in [2.45, 2.75) is 32.0 Å². The second-order valence-electron chi connectivity index (χ2n) is 6.79. The minimum atomic E-state index is -4.45. The fourth-order valence-corrected chi connectivity index (χ4v) is 2.92. The number of ether oxygens (including phenoxy) is 1. The highest BCUT2D eigenvalue weighted by Gasteiger charge is 2.30. The Balaban J connectivity index is 1.75. The molecule has 0 bridgehead atoms. The number of nitrogens with one attached hydrogen (secondary N) is 2. The Morgan fingerprint density at radius 2 is 1.90 bits per heavy atom. The van der Waals surface area contributed by atoms with Crippen molar-refractivity contribution in [2.24, 2.45) is 4.99 Å². The summed E-state index contributed by atoms with van der Waals surface area (Å²) in [5.41, 5.74) is 1.03. The van der Waals surface area contributed by atoms with Crippen LogP contribution in [0.5, 0.6) is 0 Å². The zero-order valence-electron chi connectivity index (χ0n) is 15.9. The molecule has 0 saturated carbocycles. The van der Waals surface area contributed by atoms with E-state index in [1.165, 1.54) is 0 Å². The number of guanidine groups is 1. The van der Waals surface area contributed by atoms with Crippen LogP contribution in [0, 0.1) is 6.92 Å². The number of hydrogen-bond donors (Lipinski definition) is 2. The van der Waals surface area contributed by atoms with E-state index in [2.05, 4.69) is 15.6 Å². The highest BCUT2D eigenvalue weighted by atomic mass is 19.4. The average molecular weight is 405 g/mol. The second kappa shape index (κ2) is 9.09. The molecule has 2 aromatic rings. The molecule has 1 fully saturated rings. The number of alkyl halides is 3. The lowest BCUT2D eigenvalue weighted by atomic mass is 10.1. The largest absolute Gasteiger partial charge is 0.416 e. The van der Waals surface area contributed by atoms with Crippen molar-refractivity contribution < 1.29 is 22.7 Å². The number of aliphatic imine (C=N–C) groups is 1. The predicted octanol–water partition coefficient (Wildman–Crippen LogP) is 4.39. The van der Waals surface area contributed by atoms with Gasteiger partial charge in [0.15, 0.2) is 0 Å². The second-order valence-corrected chi connectivity index (χ2v) is 6.79. The number of para-hydroxylation sites is 1. The van der Waals surface area contributed by atoms with E-state index in [-0.39, 0.29) is 17.6 Å². The Morgan fingerprint density at radius 3 is 2.52 bits per heavy atom. The lowest BCUT2D eigenvalue weighted by molar-refractivity contribution is -0.137. The molecule has 1 saturated heterocycles. The number of rotatable bonds is 4. The van der Waals surface area contributed by atoms with Crippen LogP contribution in [0.1, 0.15) is 34.3 Å². The molecule has 29 heavy (non-hydrogen) atoms. The first-order chi connectivity index (χ1) is 13.8. The molecule has 1 amide bonds. The molecule has 0 spiro atoms. The fraction of sp³-hybridized carbons (Fsp3) is 0.333. The maximum Gasteiger partial charge on any atom is 0.416 e. The zero-order valence-corrected chi connectivity index (χ0v) is 15.9. The molecule has 0 aromatic heterocycles. The van der Waals surface area contributed by atoms with E-state index < -0.39 is 17.6 Å². The van der Waals surface area contributed by atoms with Gasteiger partial charge in [-0.25, -0.2) is 4.99 Å². The highest BCUT2D eigenvalue weighted by Crippen LogP contribution is 2.29. The molecule has 0 aliphatic carbocycles. The molecule has 1 aliphatic rings. The van der Waals surface area contributed by atoms with Crippen LogP contribution in [0.25, 0.3) is 0 Å². The van der Waals surface area contributed by atoms with Gasteiger partial charge in [0.1, 0.15) is 0 Å². The lowest BCUT2D eigenvalue weighted by Gasteiger charge is -2.15. The van der Waals surface area contributed by atoms with Crippen molar-refractivity contribution in [3.05, 3.63) is 65.2 Å². The summed E-state index contributed by atoms with van der Waals surface area (Å²) in [4.78, 5) is 17.0. The van der Waals surface area contributed by atoms with Gasteiger partial charge in [-0.2, -0.15) is 13.2 Å². The van der Waals surface area contributed by atoms with Crippen molar-refractivity contribution in [2.75, 3.05) is 18.5 Å². The van der Waals surface area contributed by atoms with E-state index in [9.17, 15) is 18.0 Å². The molecule has 2 N–H and O–H groups in total. The molecule has 1 aliphatic heterocycles. The maximum absolute atomic E-state index is 12.7. The molecule has 8 heteroatoms. The van der Waals surface area contributed by atoms with E-state index in [0.29, 0.717) is 13.2 Å². The summed E-state index contributed by atoms with van der Waals surface area (Å²) < 4.78 is 43.7. The molecular formula is C21H22F3N3O2. The van der Waals surface area contributed by atoms with Gasteiger partial charge in [0.2, 0.25) is 5.96 Å². The number of halogens is 3. The van der Waals surface area contributed by atoms with Gasteiger partial charge >= 0.3 is 6.18 Å². The molecule has 1 atom stereocenters. The van der Waals surface area contributed by atoms with Crippen LogP contribution in [0.15, 0.2) is 53.5 Å². The maximum atomic E-state index is 12.7. The number of nitrogens with zero attached hydrogens (tertiary/aromatic N) is 1. The molecular weight excluding hydrogens is 383 g/mol. The van der Waals surface area contributed by atoms with Crippen LogP contribution in [0.4, 0.5) is 18.9 Å². The van der Waals surface area contributed by atoms with E-state index in [0.717, 1.165) is 48.4 Å². The number of aryl methyl sites for hydroxylation is 1. The molecule has 2 aromatic carbocycles. The van der Waals surface area contributed by atoms with Gasteiger partial charge in [-0.1, -0.05) is 18.2 Å². The first-order valence-electron chi connectivity index (χ1n) is 9.30. The first kappa shape index (κ1) is 20.9. The van der Waals surface area contributed by atoms with Crippen molar-refractivity contribution >= 4 is 17.6 Å². The van der Waals surface area contributed by atoms with Gasteiger partial charge in [0, 0.05) is 17.9 Å². The minimum Gasteiger partial charge on any atom is -0.376 e. The number of hydrogen-bond acceptors (Lipinski definition) is 3. The van der Waals surface area contributed by atoms with E-state index in [4.69, 9.17) is 4.74 Å². The number of anilines is 1. The van der Waals surface area contributed by atoms with Crippen molar-refractivity contribution in [1.29, 1.82) is 0 Å². The SMILES string of the molecule is Cc1ccccc1NC(=NC[C@@H]1CCCO1)NC(=O)c1ccc(C(F)(F)F)cc1. The van der Waals surface area contributed by atoms with Gasteiger partial charge in [0.05, 0.1) is 18.2 Å². The van der Waals surface area contributed by atoms with Crippen molar-refractivity contribution in [3.63, 3.8) is 0 Å². The summed E-state index contributed by atoms with van der Waals surface area (Å²) >= 11 is 0. The molecule has 154 valence electrons. The van der Waals surface area contributed by atoms with Crippen molar-refractivity contribution in [3.8, 4) is 0 Å². The van der Waals surface area contributed by atoms with Gasteiger partial charge in [-0.05, 0) is 55.7 Å².